The molecule has 6 rings (SSSR count). The van der Waals surface area contributed by atoms with Crippen LogP contribution in [0.25, 0.3) is 21.2 Å². The number of anilines is 4. The van der Waals surface area contributed by atoms with Crippen LogP contribution in [0.3, 0.4) is 0 Å². The molecule has 0 bridgehead atoms. The zero-order valence-electron chi connectivity index (χ0n) is 26.0. The van der Waals surface area contributed by atoms with Crippen LogP contribution in [0.4, 0.5) is 22.7 Å². The number of carbonyl (C=O) groups excluding carboxylic acids is 3. The standard InChI is InChI=1S/C36H33N5O5S/c1-4-33(42)38-29-20-25(12-13-27(29)35(44)41-14-16-46-17-15-41)37-30-18-24(21-40(3)36(30)45)26-9-7-10-28(22(26)2)39-34(43)32-19-23-8-5-6-11-31(23)47-32/h4-13,18-21,37H,1,14-17H2,2-3H3,(H,38,42)(H,39,43). The van der Waals surface area contributed by atoms with E-state index in [0.29, 0.717) is 53.8 Å². The van der Waals surface area contributed by atoms with E-state index >= 15 is 0 Å². The van der Waals surface area contributed by atoms with Crippen LogP contribution in [-0.4, -0.2) is 53.5 Å². The fourth-order valence-electron chi connectivity index (χ4n) is 5.50. The van der Waals surface area contributed by atoms with Gasteiger partial charge in [-0.05, 0) is 72.0 Å². The van der Waals surface area contributed by atoms with Gasteiger partial charge in [-0.2, -0.15) is 0 Å². The first-order chi connectivity index (χ1) is 22.7. The molecular weight excluding hydrogens is 614 g/mol. The highest BCUT2D eigenvalue weighted by molar-refractivity contribution is 7.20. The summed E-state index contributed by atoms with van der Waals surface area (Å²) in [6, 6.07) is 22.1. The van der Waals surface area contributed by atoms with Gasteiger partial charge in [0.05, 0.1) is 29.3 Å². The minimum Gasteiger partial charge on any atom is -0.378 e. The summed E-state index contributed by atoms with van der Waals surface area (Å²) in [6.45, 7) is 7.23. The average molecular weight is 648 g/mol. The van der Waals surface area contributed by atoms with Crippen molar-refractivity contribution in [2.45, 2.75) is 6.92 Å². The van der Waals surface area contributed by atoms with Gasteiger partial charge in [-0.3, -0.25) is 19.2 Å². The normalized spacial score (nSPS) is 12.9. The lowest BCUT2D eigenvalue weighted by Crippen LogP contribution is -2.41. The summed E-state index contributed by atoms with van der Waals surface area (Å²) in [5.74, 6) is -0.887. The van der Waals surface area contributed by atoms with Crippen molar-refractivity contribution < 1.29 is 19.1 Å². The van der Waals surface area contributed by atoms with Gasteiger partial charge in [-0.1, -0.05) is 36.9 Å². The maximum Gasteiger partial charge on any atom is 0.274 e. The van der Waals surface area contributed by atoms with Crippen molar-refractivity contribution in [2.24, 2.45) is 7.05 Å². The van der Waals surface area contributed by atoms with E-state index in [-0.39, 0.29) is 23.1 Å². The monoisotopic (exact) mass is 647 g/mol. The summed E-state index contributed by atoms with van der Waals surface area (Å²) in [7, 11) is 1.67. The molecule has 1 fully saturated rings. The number of morpholine rings is 1. The number of nitrogens with zero attached hydrogens (tertiary/aromatic N) is 2. The van der Waals surface area contributed by atoms with Gasteiger partial charge in [-0.15, -0.1) is 11.3 Å². The van der Waals surface area contributed by atoms with Crippen LogP contribution in [0.2, 0.25) is 0 Å². The Morgan fingerprint density at radius 1 is 0.915 bits per heavy atom. The van der Waals surface area contributed by atoms with Crippen LogP contribution in [0, 0.1) is 6.92 Å². The zero-order chi connectivity index (χ0) is 33.1. The van der Waals surface area contributed by atoms with Crippen molar-refractivity contribution in [1.29, 1.82) is 0 Å². The van der Waals surface area contributed by atoms with E-state index in [1.54, 1.807) is 42.4 Å². The molecule has 2 aromatic heterocycles. The molecule has 1 aliphatic heterocycles. The predicted molar refractivity (Wildman–Crippen MR) is 187 cm³/mol. The van der Waals surface area contributed by atoms with Crippen molar-refractivity contribution >= 4 is 61.9 Å². The number of aryl methyl sites for hydroxylation is 1. The Hall–Kier alpha value is -5.52. The van der Waals surface area contributed by atoms with Crippen LogP contribution < -0.4 is 21.5 Å². The number of fused-ring (bicyclic) bond motifs is 1. The van der Waals surface area contributed by atoms with Crippen LogP contribution >= 0.6 is 11.3 Å². The summed E-state index contributed by atoms with van der Waals surface area (Å²) in [5, 5.41) is 9.97. The number of rotatable bonds is 8. The van der Waals surface area contributed by atoms with Crippen molar-refractivity contribution in [3.63, 3.8) is 0 Å². The van der Waals surface area contributed by atoms with Crippen molar-refractivity contribution in [1.82, 2.24) is 9.47 Å². The third kappa shape index (κ3) is 6.71. The largest absolute Gasteiger partial charge is 0.378 e. The Labute approximate surface area is 275 Å². The lowest BCUT2D eigenvalue weighted by atomic mass is 10.00. The van der Waals surface area contributed by atoms with Gasteiger partial charge in [0.1, 0.15) is 5.69 Å². The number of amides is 3. The number of aromatic nitrogens is 1. The van der Waals surface area contributed by atoms with Crippen molar-refractivity contribution in [2.75, 3.05) is 42.3 Å². The zero-order valence-corrected chi connectivity index (χ0v) is 26.8. The first kappa shape index (κ1) is 31.5. The van der Waals surface area contributed by atoms with Crippen LogP contribution in [0.5, 0.6) is 0 Å². The molecule has 3 N–H and O–H groups in total. The maximum absolute atomic E-state index is 13.3. The summed E-state index contributed by atoms with van der Waals surface area (Å²) in [5.41, 5.74) is 4.22. The minimum atomic E-state index is -0.467. The number of ether oxygens (including phenoxy) is 1. The topological polar surface area (TPSA) is 122 Å². The van der Waals surface area contributed by atoms with E-state index in [2.05, 4.69) is 22.5 Å². The van der Waals surface area contributed by atoms with Crippen molar-refractivity contribution in [3.8, 4) is 11.1 Å². The molecule has 0 radical (unpaired) electrons. The summed E-state index contributed by atoms with van der Waals surface area (Å²) in [6.07, 6.45) is 2.87. The van der Waals surface area contributed by atoms with Crippen molar-refractivity contribution in [3.05, 3.63) is 118 Å². The van der Waals surface area contributed by atoms with Crippen LogP contribution in [0.1, 0.15) is 25.6 Å². The molecule has 3 heterocycles. The molecule has 0 aliphatic carbocycles. The van der Waals surface area contributed by atoms with Gasteiger partial charge in [0, 0.05) is 48.0 Å². The smallest absolute Gasteiger partial charge is 0.274 e. The summed E-state index contributed by atoms with van der Waals surface area (Å²) >= 11 is 1.44. The molecule has 0 unspecified atom stereocenters. The predicted octanol–water partition coefficient (Wildman–Crippen LogP) is 6.17. The first-order valence-electron chi connectivity index (χ1n) is 15.0. The van der Waals surface area contributed by atoms with Gasteiger partial charge in [0.15, 0.2) is 0 Å². The molecule has 0 atom stereocenters. The number of carbonyl (C=O) groups is 3. The molecule has 47 heavy (non-hydrogen) atoms. The highest BCUT2D eigenvalue weighted by Gasteiger charge is 2.22. The molecule has 0 spiro atoms. The van der Waals surface area contributed by atoms with E-state index in [1.807, 2.05) is 55.5 Å². The second kappa shape index (κ2) is 13.5. The number of thiophene rings is 1. The Morgan fingerprint density at radius 3 is 2.47 bits per heavy atom. The first-order valence-corrected chi connectivity index (χ1v) is 15.9. The summed E-state index contributed by atoms with van der Waals surface area (Å²) < 4.78 is 7.89. The fraction of sp³-hybridized carbons (Fsp3) is 0.167. The SMILES string of the molecule is C=CC(=O)Nc1cc(Nc2cc(-c3cccc(NC(=O)c4cc5ccccc5s4)c3C)cn(C)c2=O)ccc1C(=O)N1CCOCC1. The van der Waals surface area contributed by atoms with E-state index in [9.17, 15) is 19.2 Å². The van der Waals surface area contributed by atoms with E-state index in [4.69, 9.17) is 4.74 Å². The lowest BCUT2D eigenvalue weighted by molar-refractivity contribution is -0.111. The molecule has 11 heteroatoms. The fourth-order valence-corrected chi connectivity index (χ4v) is 6.46. The molecule has 1 saturated heterocycles. The van der Waals surface area contributed by atoms with Crippen LogP contribution in [-0.2, 0) is 16.6 Å². The Balaban J connectivity index is 1.29. The number of benzene rings is 3. The number of nitrogens with one attached hydrogen (secondary N) is 3. The quantitative estimate of drug-likeness (QED) is 0.173. The highest BCUT2D eigenvalue weighted by atomic mass is 32.1. The molecule has 1 aliphatic rings. The molecule has 5 aromatic rings. The highest BCUT2D eigenvalue weighted by Crippen LogP contribution is 2.32. The van der Waals surface area contributed by atoms with Gasteiger partial charge in [0.25, 0.3) is 17.4 Å². The second-order valence-corrected chi connectivity index (χ2v) is 12.2. The number of hydrogen-bond acceptors (Lipinski definition) is 7. The van der Waals surface area contributed by atoms with Gasteiger partial charge in [-0.25, -0.2) is 0 Å². The van der Waals surface area contributed by atoms with Gasteiger partial charge < -0.3 is 30.2 Å². The molecule has 3 aromatic carbocycles. The number of hydrogen-bond donors (Lipinski definition) is 3. The minimum absolute atomic E-state index is 0.191. The van der Waals surface area contributed by atoms with E-state index < -0.39 is 5.91 Å². The molecule has 238 valence electrons. The Bertz CT molecular complexity index is 2060. The van der Waals surface area contributed by atoms with E-state index in [1.165, 1.54) is 15.9 Å². The average Bonchev–Trinajstić information content (AvgIpc) is 3.53. The molecule has 3 amide bonds. The van der Waals surface area contributed by atoms with E-state index in [0.717, 1.165) is 32.9 Å². The number of pyridine rings is 1. The third-order valence-corrected chi connectivity index (χ3v) is 9.11. The molecular formula is C36H33N5O5S. The van der Waals surface area contributed by atoms with Crippen LogP contribution in [0.15, 0.2) is 96.4 Å². The Kier molecular flexibility index (Phi) is 9.01. The molecule has 10 nitrogen and oxygen atoms in total. The van der Waals surface area contributed by atoms with Gasteiger partial charge in [0.2, 0.25) is 5.91 Å². The molecule has 0 saturated carbocycles. The van der Waals surface area contributed by atoms with Gasteiger partial charge >= 0.3 is 0 Å². The third-order valence-electron chi connectivity index (χ3n) is 8.00. The maximum atomic E-state index is 13.3. The summed E-state index contributed by atoms with van der Waals surface area (Å²) in [4.78, 5) is 54.3. The Morgan fingerprint density at radius 2 is 1.70 bits per heavy atom. The lowest BCUT2D eigenvalue weighted by Gasteiger charge is -2.27. The second-order valence-electron chi connectivity index (χ2n) is 11.1.